The van der Waals surface area contributed by atoms with Crippen molar-refractivity contribution >= 4 is 11.6 Å². The Morgan fingerprint density at radius 3 is 2.80 bits per heavy atom. The van der Waals surface area contributed by atoms with E-state index in [0.717, 1.165) is 0 Å². The van der Waals surface area contributed by atoms with Crippen LogP contribution in [-0.2, 0) is 5.92 Å². The number of pyridine rings is 1. The van der Waals surface area contributed by atoms with Crippen molar-refractivity contribution in [2.24, 2.45) is 5.73 Å². The van der Waals surface area contributed by atoms with Crippen LogP contribution in [0, 0.1) is 0 Å². The first-order valence-electron chi connectivity index (χ1n) is 4.29. The zero-order valence-corrected chi connectivity index (χ0v) is 8.89. The van der Waals surface area contributed by atoms with Gasteiger partial charge in [0, 0.05) is 12.6 Å². The highest BCUT2D eigenvalue weighted by molar-refractivity contribution is 6.31. The number of nitrogens with two attached hydrogens (primary N) is 1. The largest absolute Gasteiger partial charge is 0.481 e. The first kappa shape index (κ1) is 12.1. The van der Waals surface area contributed by atoms with E-state index in [1.807, 2.05) is 0 Å². The summed E-state index contributed by atoms with van der Waals surface area (Å²) in [6.07, 6.45) is 0.817. The molecule has 1 aromatic heterocycles. The van der Waals surface area contributed by atoms with E-state index in [4.69, 9.17) is 22.1 Å². The van der Waals surface area contributed by atoms with Gasteiger partial charge >= 0.3 is 0 Å². The van der Waals surface area contributed by atoms with Crippen molar-refractivity contribution in [1.29, 1.82) is 0 Å². The highest BCUT2D eigenvalue weighted by atomic mass is 35.5. The summed E-state index contributed by atoms with van der Waals surface area (Å²) in [6, 6.07) is 1.30. The first-order chi connectivity index (χ1) is 7.03. The number of hydrogen-bond acceptors (Lipinski definition) is 3. The second-order valence-corrected chi connectivity index (χ2v) is 3.33. The third-order valence-electron chi connectivity index (χ3n) is 1.88. The molecule has 1 aromatic rings. The van der Waals surface area contributed by atoms with Crippen molar-refractivity contribution in [3.8, 4) is 5.88 Å². The molecule has 3 nitrogen and oxygen atoms in total. The predicted molar refractivity (Wildman–Crippen MR) is 53.4 cm³/mol. The molecule has 0 amide bonds. The van der Waals surface area contributed by atoms with Crippen LogP contribution in [0.15, 0.2) is 12.3 Å². The van der Waals surface area contributed by atoms with E-state index in [1.165, 1.54) is 19.4 Å². The van der Waals surface area contributed by atoms with Crippen LogP contribution >= 0.6 is 11.6 Å². The second kappa shape index (κ2) is 4.72. The van der Waals surface area contributed by atoms with Crippen LogP contribution < -0.4 is 10.5 Å². The molecule has 6 heteroatoms. The van der Waals surface area contributed by atoms with E-state index < -0.39 is 17.9 Å². The van der Waals surface area contributed by atoms with Gasteiger partial charge in [0.2, 0.25) is 5.88 Å². The molecule has 84 valence electrons. The molecular formula is C9H11ClF2N2O. The van der Waals surface area contributed by atoms with E-state index in [1.54, 1.807) is 0 Å². The zero-order chi connectivity index (χ0) is 11.5. The number of halogens is 3. The van der Waals surface area contributed by atoms with Crippen molar-refractivity contribution < 1.29 is 13.5 Å². The normalized spacial score (nSPS) is 11.5. The van der Waals surface area contributed by atoms with Crippen LogP contribution in [0.4, 0.5) is 8.78 Å². The van der Waals surface area contributed by atoms with Crippen LogP contribution in [0.2, 0.25) is 5.02 Å². The molecule has 0 fully saturated rings. The van der Waals surface area contributed by atoms with Crippen molar-refractivity contribution in [3.63, 3.8) is 0 Å². The monoisotopic (exact) mass is 236 g/mol. The fourth-order valence-electron chi connectivity index (χ4n) is 1.21. The number of nitrogens with zero attached hydrogens (tertiary/aromatic N) is 1. The smallest absolute Gasteiger partial charge is 0.281 e. The maximum Gasteiger partial charge on any atom is 0.281 e. The molecule has 0 aliphatic heterocycles. The third kappa shape index (κ3) is 2.54. The lowest BCUT2D eigenvalue weighted by atomic mass is 10.1. The van der Waals surface area contributed by atoms with Gasteiger partial charge in [-0.1, -0.05) is 11.6 Å². The lowest BCUT2D eigenvalue weighted by Gasteiger charge is -2.18. The summed E-state index contributed by atoms with van der Waals surface area (Å²) in [5.41, 5.74) is 4.71. The Morgan fingerprint density at radius 2 is 2.27 bits per heavy atom. The lowest BCUT2D eigenvalue weighted by Crippen LogP contribution is -2.20. The molecule has 0 spiro atoms. The minimum absolute atomic E-state index is 0.0692. The number of ether oxygens (including phenoxy) is 1. The van der Waals surface area contributed by atoms with Gasteiger partial charge in [0.25, 0.3) is 5.92 Å². The molecule has 1 heterocycles. The van der Waals surface area contributed by atoms with E-state index in [-0.39, 0.29) is 17.4 Å². The number of alkyl halides is 2. The van der Waals surface area contributed by atoms with Gasteiger partial charge in [-0.25, -0.2) is 13.8 Å². The average Bonchev–Trinajstić information content (AvgIpc) is 2.16. The fourth-order valence-corrected chi connectivity index (χ4v) is 1.49. The van der Waals surface area contributed by atoms with Gasteiger partial charge in [-0.15, -0.1) is 0 Å². The summed E-state index contributed by atoms with van der Waals surface area (Å²) in [4.78, 5) is 3.68. The van der Waals surface area contributed by atoms with Crippen molar-refractivity contribution in [2.75, 3.05) is 13.7 Å². The third-order valence-corrected chi connectivity index (χ3v) is 2.20. The zero-order valence-electron chi connectivity index (χ0n) is 8.14. The maximum absolute atomic E-state index is 13.6. The maximum atomic E-state index is 13.6. The van der Waals surface area contributed by atoms with E-state index in [2.05, 4.69) is 4.98 Å². The van der Waals surface area contributed by atoms with Crippen molar-refractivity contribution in [2.45, 2.75) is 12.3 Å². The van der Waals surface area contributed by atoms with Crippen LogP contribution in [0.25, 0.3) is 0 Å². The van der Waals surface area contributed by atoms with Crippen LogP contribution in [-0.4, -0.2) is 18.6 Å². The number of aromatic nitrogens is 1. The Labute approximate surface area is 91.2 Å². The van der Waals surface area contributed by atoms with Crippen LogP contribution in [0.3, 0.4) is 0 Å². The minimum Gasteiger partial charge on any atom is -0.481 e. The molecule has 15 heavy (non-hydrogen) atoms. The van der Waals surface area contributed by atoms with Crippen molar-refractivity contribution in [1.82, 2.24) is 4.98 Å². The molecule has 2 N–H and O–H groups in total. The Morgan fingerprint density at radius 1 is 1.60 bits per heavy atom. The quantitative estimate of drug-likeness (QED) is 0.872. The molecule has 0 aliphatic carbocycles. The van der Waals surface area contributed by atoms with Gasteiger partial charge in [0.1, 0.15) is 5.56 Å². The van der Waals surface area contributed by atoms with E-state index in [9.17, 15) is 8.78 Å². The summed E-state index contributed by atoms with van der Waals surface area (Å²) in [5, 5.41) is -0.0692. The Kier molecular flexibility index (Phi) is 3.82. The molecule has 0 aliphatic rings. The number of hydrogen-bond donors (Lipinski definition) is 1. The summed E-state index contributed by atoms with van der Waals surface area (Å²) in [6.45, 7) is -0.138. The minimum atomic E-state index is -3.12. The molecule has 1 rings (SSSR count). The van der Waals surface area contributed by atoms with Gasteiger partial charge in [-0.05, 0) is 12.6 Å². The van der Waals surface area contributed by atoms with Crippen molar-refractivity contribution in [3.05, 3.63) is 22.8 Å². The summed E-state index contributed by atoms with van der Waals surface area (Å²) < 4.78 is 31.9. The Hall–Kier alpha value is -0.940. The van der Waals surface area contributed by atoms with Crippen LogP contribution in [0.5, 0.6) is 5.88 Å². The van der Waals surface area contributed by atoms with Gasteiger partial charge in [0.15, 0.2) is 0 Å². The number of rotatable bonds is 4. The van der Waals surface area contributed by atoms with Gasteiger partial charge in [0.05, 0.1) is 12.1 Å². The Balaban J connectivity index is 3.21. The predicted octanol–water partition coefficient (Wildman–Crippen LogP) is 2.18. The molecule has 0 saturated heterocycles. The van der Waals surface area contributed by atoms with E-state index in [0.29, 0.717) is 0 Å². The lowest BCUT2D eigenvalue weighted by molar-refractivity contribution is -0.0132. The molecule has 0 unspecified atom stereocenters. The van der Waals surface area contributed by atoms with Crippen LogP contribution in [0.1, 0.15) is 12.0 Å². The molecule has 0 aromatic carbocycles. The molecule has 0 saturated carbocycles. The number of methoxy groups -OCH3 is 1. The molecule has 0 radical (unpaired) electrons. The summed E-state index contributed by atoms with van der Waals surface area (Å²) >= 11 is 5.69. The molecule has 0 bridgehead atoms. The average molecular weight is 237 g/mol. The Bertz CT molecular complexity index is 347. The second-order valence-electron chi connectivity index (χ2n) is 2.92. The van der Waals surface area contributed by atoms with Gasteiger partial charge in [-0.3, -0.25) is 0 Å². The standard InChI is InChI=1S/C9H11ClF2N2O/c1-15-8-7(6(10)2-5-14-8)9(11,12)3-4-13/h2,5H,3-4,13H2,1H3. The SMILES string of the molecule is COc1nccc(Cl)c1C(F)(F)CCN. The van der Waals surface area contributed by atoms with Gasteiger partial charge in [-0.2, -0.15) is 0 Å². The molecule has 0 atom stereocenters. The fraction of sp³-hybridized carbons (Fsp3) is 0.444. The first-order valence-corrected chi connectivity index (χ1v) is 4.67. The summed E-state index contributed by atoms with van der Waals surface area (Å²) in [5.74, 6) is -3.29. The highest BCUT2D eigenvalue weighted by Gasteiger charge is 2.36. The molecular weight excluding hydrogens is 226 g/mol. The van der Waals surface area contributed by atoms with E-state index >= 15 is 0 Å². The topological polar surface area (TPSA) is 48.1 Å². The highest BCUT2D eigenvalue weighted by Crippen LogP contribution is 2.40. The summed E-state index contributed by atoms with van der Waals surface area (Å²) in [7, 11) is 1.26. The van der Waals surface area contributed by atoms with Gasteiger partial charge < -0.3 is 10.5 Å².